The van der Waals surface area contributed by atoms with Crippen LogP contribution >= 0.6 is 0 Å². The summed E-state index contributed by atoms with van der Waals surface area (Å²) < 4.78 is 15.8. The second-order valence-electron chi connectivity index (χ2n) is 6.31. The molecule has 0 N–H and O–H groups in total. The van der Waals surface area contributed by atoms with E-state index in [4.69, 9.17) is 19.2 Å². The van der Waals surface area contributed by atoms with Crippen molar-refractivity contribution in [3.63, 3.8) is 0 Å². The molecular formula is C21H20N2O4. The van der Waals surface area contributed by atoms with Crippen LogP contribution in [0.5, 0.6) is 17.2 Å². The lowest BCUT2D eigenvalue weighted by Gasteiger charge is -2.18. The summed E-state index contributed by atoms with van der Waals surface area (Å²) in [6.45, 7) is 0.600. The first-order chi connectivity index (χ1) is 13.1. The van der Waals surface area contributed by atoms with Crippen molar-refractivity contribution in [3.8, 4) is 17.2 Å². The van der Waals surface area contributed by atoms with E-state index >= 15 is 0 Å². The topological polar surface area (TPSA) is 60.9 Å². The van der Waals surface area contributed by atoms with Gasteiger partial charge in [-0.3, -0.25) is 9.69 Å². The molecule has 0 saturated heterocycles. The first-order valence-electron chi connectivity index (χ1n) is 8.66. The lowest BCUT2D eigenvalue weighted by molar-refractivity contribution is 0.0988. The molecule has 0 bridgehead atoms. The van der Waals surface area contributed by atoms with Crippen LogP contribution in [0.25, 0.3) is 10.9 Å². The van der Waals surface area contributed by atoms with Gasteiger partial charge in [0.05, 0.1) is 26.8 Å². The van der Waals surface area contributed by atoms with Crippen molar-refractivity contribution < 1.29 is 19.0 Å². The lowest BCUT2D eigenvalue weighted by Crippen LogP contribution is -2.29. The number of carbonyl (C=O) groups excluding carboxylic acids is 1. The number of nitrogens with zero attached hydrogens (tertiary/aromatic N) is 2. The Morgan fingerprint density at radius 3 is 2.52 bits per heavy atom. The number of hydrogen-bond donors (Lipinski definition) is 0. The molecule has 3 aromatic rings. The molecule has 0 saturated carbocycles. The number of amides is 1. The van der Waals surface area contributed by atoms with Gasteiger partial charge in [0.2, 0.25) is 0 Å². The van der Waals surface area contributed by atoms with Crippen LogP contribution in [0.15, 0.2) is 42.5 Å². The van der Waals surface area contributed by atoms with Gasteiger partial charge >= 0.3 is 0 Å². The quantitative estimate of drug-likeness (QED) is 0.709. The van der Waals surface area contributed by atoms with E-state index in [1.807, 2.05) is 18.2 Å². The zero-order valence-corrected chi connectivity index (χ0v) is 15.5. The smallest absolute Gasteiger partial charge is 0.259 e. The summed E-state index contributed by atoms with van der Waals surface area (Å²) >= 11 is 0. The van der Waals surface area contributed by atoms with Crippen molar-refractivity contribution in [1.82, 2.24) is 4.98 Å². The maximum Gasteiger partial charge on any atom is 0.259 e. The van der Waals surface area contributed by atoms with E-state index in [0.29, 0.717) is 29.4 Å². The monoisotopic (exact) mass is 364 g/mol. The van der Waals surface area contributed by atoms with Crippen LogP contribution in [-0.4, -0.2) is 38.8 Å². The second kappa shape index (κ2) is 6.79. The average molecular weight is 364 g/mol. The third-order valence-corrected chi connectivity index (χ3v) is 4.81. The number of ether oxygens (including phenoxy) is 3. The standard InChI is InChI=1S/C21H20N2O4/c1-25-16-5-6-17-15(11-16)10-13-8-9-23(20(13)22-17)21(24)14-4-7-18(26-2)19(12-14)27-3/h4-7,10-12H,8-9H2,1-3H3. The number of aromatic nitrogens is 1. The highest BCUT2D eigenvalue weighted by molar-refractivity contribution is 6.07. The summed E-state index contributed by atoms with van der Waals surface area (Å²) in [7, 11) is 4.77. The summed E-state index contributed by atoms with van der Waals surface area (Å²) in [6, 6.07) is 13.0. The van der Waals surface area contributed by atoms with E-state index in [-0.39, 0.29) is 5.91 Å². The zero-order valence-electron chi connectivity index (χ0n) is 15.5. The Balaban J connectivity index is 1.71. The van der Waals surface area contributed by atoms with Gasteiger partial charge in [-0.2, -0.15) is 0 Å². The number of pyridine rings is 1. The van der Waals surface area contributed by atoms with Crippen molar-refractivity contribution in [2.24, 2.45) is 0 Å². The van der Waals surface area contributed by atoms with Gasteiger partial charge in [0.15, 0.2) is 11.5 Å². The predicted molar refractivity (Wildman–Crippen MR) is 103 cm³/mol. The van der Waals surface area contributed by atoms with E-state index in [2.05, 4.69) is 6.07 Å². The Bertz CT molecular complexity index is 1030. The maximum atomic E-state index is 13.1. The molecule has 2 aromatic carbocycles. The Morgan fingerprint density at radius 1 is 0.963 bits per heavy atom. The summed E-state index contributed by atoms with van der Waals surface area (Å²) in [5.74, 6) is 2.53. The highest BCUT2D eigenvalue weighted by Crippen LogP contribution is 2.33. The van der Waals surface area contributed by atoms with E-state index in [9.17, 15) is 4.79 Å². The molecule has 2 heterocycles. The number of carbonyl (C=O) groups is 1. The first-order valence-corrected chi connectivity index (χ1v) is 8.66. The van der Waals surface area contributed by atoms with E-state index < -0.39 is 0 Å². The van der Waals surface area contributed by atoms with Crippen molar-refractivity contribution in [2.45, 2.75) is 6.42 Å². The van der Waals surface area contributed by atoms with E-state index in [1.54, 1.807) is 44.4 Å². The van der Waals surface area contributed by atoms with Gasteiger partial charge in [0, 0.05) is 17.5 Å². The summed E-state index contributed by atoms with van der Waals surface area (Å²) in [5.41, 5.74) is 2.43. The van der Waals surface area contributed by atoms with Crippen LogP contribution in [0.3, 0.4) is 0 Å². The van der Waals surface area contributed by atoms with Gasteiger partial charge < -0.3 is 14.2 Å². The minimum Gasteiger partial charge on any atom is -0.497 e. The number of fused-ring (bicyclic) bond motifs is 2. The Hall–Kier alpha value is -3.28. The molecule has 0 fully saturated rings. The Morgan fingerprint density at radius 2 is 1.78 bits per heavy atom. The van der Waals surface area contributed by atoms with Crippen molar-refractivity contribution >= 4 is 22.6 Å². The fraction of sp³-hybridized carbons (Fsp3) is 0.238. The summed E-state index contributed by atoms with van der Waals surface area (Å²) in [6.07, 6.45) is 0.772. The third kappa shape index (κ3) is 2.93. The predicted octanol–water partition coefficient (Wildman–Crippen LogP) is 3.46. The summed E-state index contributed by atoms with van der Waals surface area (Å²) in [4.78, 5) is 19.5. The summed E-state index contributed by atoms with van der Waals surface area (Å²) in [5, 5.41) is 1.01. The molecule has 0 atom stereocenters. The molecule has 0 spiro atoms. The molecule has 1 amide bonds. The lowest BCUT2D eigenvalue weighted by atomic mass is 10.1. The molecule has 6 heteroatoms. The van der Waals surface area contributed by atoms with Gasteiger partial charge in [-0.15, -0.1) is 0 Å². The number of rotatable bonds is 4. The molecule has 138 valence electrons. The molecule has 0 aliphatic carbocycles. The largest absolute Gasteiger partial charge is 0.497 e. The second-order valence-corrected chi connectivity index (χ2v) is 6.31. The fourth-order valence-electron chi connectivity index (χ4n) is 3.39. The van der Waals surface area contributed by atoms with Crippen LogP contribution in [-0.2, 0) is 6.42 Å². The highest BCUT2D eigenvalue weighted by atomic mass is 16.5. The number of anilines is 1. The molecule has 6 nitrogen and oxygen atoms in total. The van der Waals surface area contributed by atoms with Gasteiger partial charge in [0.25, 0.3) is 5.91 Å². The third-order valence-electron chi connectivity index (χ3n) is 4.81. The number of methoxy groups -OCH3 is 3. The highest BCUT2D eigenvalue weighted by Gasteiger charge is 2.28. The number of hydrogen-bond acceptors (Lipinski definition) is 5. The molecular weight excluding hydrogens is 344 g/mol. The van der Waals surface area contributed by atoms with E-state index in [1.165, 1.54) is 0 Å². The van der Waals surface area contributed by atoms with Gasteiger partial charge in [-0.1, -0.05) is 0 Å². The van der Waals surface area contributed by atoms with Crippen molar-refractivity contribution in [2.75, 3.05) is 32.8 Å². The van der Waals surface area contributed by atoms with Crippen LogP contribution in [0.1, 0.15) is 15.9 Å². The minimum atomic E-state index is -0.102. The SMILES string of the molecule is COc1ccc2nc3c(cc2c1)CCN3C(=O)c1ccc(OC)c(OC)c1. The number of benzene rings is 2. The minimum absolute atomic E-state index is 0.102. The Labute approximate surface area is 157 Å². The van der Waals surface area contributed by atoms with Gasteiger partial charge in [0.1, 0.15) is 11.6 Å². The van der Waals surface area contributed by atoms with E-state index in [0.717, 1.165) is 28.6 Å². The molecule has 1 aliphatic heterocycles. The average Bonchev–Trinajstić information content (AvgIpc) is 3.13. The van der Waals surface area contributed by atoms with Gasteiger partial charge in [-0.05, 0) is 54.4 Å². The molecule has 0 unspecified atom stereocenters. The van der Waals surface area contributed by atoms with Crippen molar-refractivity contribution in [1.29, 1.82) is 0 Å². The van der Waals surface area contributed by atoms with Crippen LogP contribution in [0.2, 0.25) is 0 Å². The molecule has 27 heavy (non-hydrogen) atoms. The van der Waals surface area contributed by atoms with Crippen LogP contribution < -0.4 is 19.1 Å². The maximum absolute atomic E-state index is 13.1. The van der Waals surface area contributed by atoms with Crippen molar-refractivity contribution in [3.05, 3.63) is 53.6 Å². The first kappa shape index (κ1) is 17.1. The van der Waals surface area contributed by atoms with Gasteiger partial charge in [-0.25, -0.2) is 4.98 Å². The fourth-order valence-corrected chi connectivity index (χ4v) is 3.39. The van der Waals surface area contributed by atoms with Crippen LogP contribution in [0, 0.1) is 0 Å². The molecule has 4 rings (SSSR count). The Kier molecular flexibility index (Phi) is 4.32. The zero-order chi connectivity index (χ0) is 19.0. The normalized spacial score (nSPS) is 12.8. The molecule has 1 aromatic heterocycles. The molecule has 1 aliphatic rings. The molecule has 0 radical (unpaired) electrons. The van der Waals surface area contributed by atoms with Crippen LogP contribution in [0.4, 0.5) is 5.82 Å².